The van der Waals surface area contributed by atoms with Gasteiger partial charge in [-0.3, -0.25) is 4.57 Å². The number of allylic oxidation sites excluding steroid dienone is 3. The summed E-state index contributed by atoms with van der Waals surface area (Å²) in [6.07, 6.45) is 17.4. The van der Waals surface area contributed by atoms with Crippen molar-refractivity contribution in [1.29, 1.82) is 0 Å². The third-order valence-electron chi connectivity index (χ3n) is 3.98. The molecule has 0 amide bonds. The summed E-state index contributed by atoms with van der Waals surface area (Å²) in [5, 5.41) is 0. The van der Waals surface area contributed by atoms with Crippen molar-refractivity contribution >= 4 is 7.60 Å². The fraction of sp³-hybridized carbons (Fsp3) is 0.647. The highest BCUT2D eigenvalue weighted by molar-refractivity contribution is 7.57. The largest absolute Gasteiger partial charge is 0.353 e. The molecule has 0 aromatic heterocycles. The lowest BCUT2D eigenvalue weighted by Gasteiger charge is -2.22. The molecule has 2 atom stereocenters. The monoisotopic (exact) mass is 310 g/mol. The smallest absolute Gasteiger partial charge is 0.305 e. The van der Waals surface area contributed by atoms with E-state index in [1.807, 2.05) is 6.92 Å². The molecule has 0 bridgehead atoms. The van der Waals surface area contributed by atoms with E-state index in [2.05, 4.69) is 24.3 Å². The van der Waals surface area contributed by atoms with E-state index < -0.39 is 7.60 Å². The molecule has 118 valence electrons. The van der Waals surface area contributed by atoms with Crippen LogP contribution in [0.2, 0.25) is 0 Å². The molecule has 0 aromatic rings. The van der Waals surface area contributed by atoms with Crippen molar-refractivity contribution in [3.8, 4) is 0 Å². The first-order valence-corrected chi connectivity index (χ1v) is 9.69. The standard InChI is InChI=1S/C17H27O3P/c1-2-13-21(18,19-14-16-9-5-3-6-10-16)20-15-17-11-7-4-8-12-17/h2,5,7,9,11,13,16-17H,3-4,6,8,10,12,14-15H2,1H3. The fourth-order valence-electron chi connectivity index (χ4n) is 2.75. The Bertz CT molecular complexity index is 407. The first-order chi connectivity index (χ1) is 10.2. The van der Waals surface area contributed by atoms with E-state index in [1.54, 1.807) is 11.9 Å². The molecule has 0 saturated carbocycles. The van der Waals surface area contributed by atoms with Gasteiger partial charge < -0.3 is 9.05 Å². The minimum absolute atomic E-state index is 0.371. The maximum Gasteiger partial charge on any atom is 0.353 e. The molecule has 21 heavy (non-hydrogen) atoms. The maximum absolute atomic E-state index is 12.7. The van der Waals surface area contributed by atoms with Crippen molar-refractivity contribution in [2.75, 3.05) is 13.2 Å². The van der Waals surface area contributed by atoms with Crippen LogP contribution in [0.4, 0.5) is 0 Å². The topological polar surface area (TPSA) is 35.5 Å². The van der Waals surface area contributed by atoms with Gasteiger partial charge in [-0.2, -0.15) is 0 Å². The van der Waals surface area contributed by atoms with Crippen LogP contribution in [0.3, 0.4) is 0 Å². The molecule has 2 aliphatic rings. The highest BCUT2D eigenvalue weighted by Crippen LogP contribution is 2.51. The zero-order valence-electron chi connectivity index (χ0n) is 12.9. The Balaban J connectivity index is 1.84. The van der Waals surface area contributed by atoms with Gasteiger partial charge in [-0.05, 0) is 45.4 Å². The van der Waals surface area contributed by atoms with E-state index in [0.29, 0.717) is 25.0 Å². The molecule has 0 saturated heterocycles. The van der Waals surface area contributed by atoms with E-state index in [1.165, 1.54) is 12.8 Å². The fourth-order valence-corrected chi connectivity index (χ4v) is 4.16. The van der Waals surface area contributed by atoms with Crippen molar-refractivity contribution in [2.24, 2.45) is 11.8 Å². The molecular formula is C17H27O3P. The second kappa shape index (κ2) is 8.73. The van der Waals surface area contributed by atoms with Gasteiger partial charge in [0.05, 0.1) is 13.2 Å². The van der Waals surface area contributed by atoms with Crippen LogP contribution in [0.15, 0.2) is 36.2 Å². The third-order valence-corrected chi connectivity index (χ3v) is 5.66. The summed E-state index contributed by atoms with van der Waals surface area (Å²) < 4.78 is 24.1. The minimum Gasteiger partial charge on any atom is -0.305 e. The van der Waals surface area contributed by atoms with Gasteiger partial charge in [-0.15, -0.1) is 0 Å². The van der Waals surface area contributed by atoms with Gasteiger partial charge in [0.25, 0.3) is 0 Å². The van der Waals surface area contributed by atoms with Crippen LogP contribution in [0, 0.1) is 11.8 Å². The average molecular weight is 310 g/mol. The summed E-state index contributed by atoms with van der Waals surface area (Å²) in [4.78, 5) is 0. The third kappa shape index (κ3) is 5.94. The number of hydrogen-bond acceptors (Lipinski definition) is 3. The highest BCUT2D eigenvalue weighted by atomic mass is 31.2. The second-order valence-electron chi connectivity index (χ2n) is 5.85. The second-order valence-corrected chi connectivity index (χ2v) is 7.75. The van der Waals surface area contributed by atoms with Crippen LogP contribution in [0.1, 0.15) is 45.4 Å². The van der Waals surface area contributed by atoms with Gasteiger partial charge in [0, 0.05) is 17.7 Å². The highest BCUT2D eigenvalue weighted by Gasteiger charge is 2.24. The maximum atomic E-state index is 12.7. The summed E-state index contributed by atoms with van der Waals surface area (Å²) >= 11 is 0. The van der Waals surface area contributed by atoms with Gasteiger partial charge >= 0.3 is 7.60 Å². The van der Waals surface area contributed by atoms with Gasteiger partial charge in [-0.1, -0.05) is 30.4 Å². The van der Waals surface area contributed by atoms with Crippen LogP contribution in [0.5, 0.6) is 0 Å². The lowest BCUT2D eigenvalue weighted by molar-refractivity contribution is 0.176. The normalized spacial score (nSPS) is 28.8. The van der Waals surface area contributed by atoms with Crippen LogP contribution in [-0.4, -0.2) is 13.2 Å². The van der Waals surface area contributed by atoms with Gasteiger partial charge in [0.2, 0.25) is 0 Å². The Hall–Kier alpha value is -0.630. The Morgan fingerprint density at radius 2 is 1.57 bits per heavy atom. The molecule has 0 heterocycles. The van der Waals surface area contributed by atoms with E-state index in [4.69, 9.17) is 9.05 Å². The van der Waals surface area contributed by atoms with Crippen LogP contribution < -0.4 is 0 Å². The van der Waals surface area contributed by atoms with Crippen molar-refractivity contribution in [3.05, 3.63) is 36.2 Å². The molecule has 0 aliphatic heterocycles. The zero-order valence-corrected chi connectivity index (χ0v) is 13.8. The average Bonchev–Trinajstić information content (AvgIpc) is 2.54. The number of rotatable bonds is 7. The Morgan fingerprint density at radius 3 is 1.95 bits per heavy atom. The minimum atomic E-state index is -3.10. The van der Waals surface area contributed by atoms with Gasteiger partial charge in [-0.25, -0.2) is 0 Å². The SMILES string of the molecule is CC=CP(=O)(OCC1C=CCCC1)OCC1C=CCCC1. The molecule has 0 fully saturated rings. The molecule has 0 N–H and O–H groups in total. The van der Waals surface area contributed by atoms with Crippen LogP contribution in [-0.2, 0) is 13.6 Å². The predicted molar refractivity (Wildman–Crippen MR) is 87.3 cm³/mol. The van der Waals surface area contributed by atoms with E-state index in [-0.39, 0.29) is 0 Å². The Kier molecular flexibility index (Phi) is 6.95. The number of hydrogen-bond donors (Lipinski definition) is 0. The van der Waals surface area contributed by atoms with E-state index in [9.17, 15) is 4.57 Å². The summed E-state index contributed by atoms with van der Waals surface area (Å²) in [5.41, 5.74) is 0. The molecule has 4 heteroatoms. The molecule has 2 aliphatic carbocycles. The first-order valence-electron chi connectivity index (χ1n) is 8.08. The van der Waals surface area contributed by atoms with Crippen LogP contribution in [0.25, 0.3) is 0 Å². The molecule has 2 rings (SSSR count). The summed E-state index contributed by atoms with van der Waals surface area (Å²) in [6.45, 7) is 2.82. The quantitative estimate of drug-likeness (QED) is 0.463. The van der Waals surface area contributed by atoms with E-state index in [0.717, 1.165) is 25.7 Å². The Morgan fingerprint density at radius 1 is 1.05 bits per heavy atom. The van der Waals surface area contributed by atoms with Crippen molar-refractivity contribution in [1.82, 2.24) is 0 Å². The molecule has 0 aromatic carbocycles. The first kappa shape index (κ1) is 16.7. The summed E-state index contributed by atoms with van der Waals surface area (Å²) in [5.74, 6) is 2.33. The molecule has 2 unspecified atom stereocenters. The lowest BCUT2D eigenvalue weighted by atomic mass is 9.97. The van der Waals surface area contributed by atoms with E-state index >= 15 is 0 Å². The van der Waals surface area contributed by atoms with Crippen LogP contribution >= 0.6 is 7.60 Å². The van der Waals surface area contributed by atoms with Crippen molar-refractivity contribution < 1.29 is 13.6 Å². The summed E-state index contributed by atoms with van der Waals surface area (Å²) in [7, 11) is -3.10. The molecule has 0 radical (unpaired) electrons. The predicted octanol–water partition coefficient (Wildman–Crippen LogP) is 5.46. The molecule has 0 spiro atoms. The lowest BCUT2D eigenvalue weighted by Crippen LogP contribution is -2.12. The zero-order chi connectivity index (χ0) is 15.0. The summed E-state index contributed by atoms with van der Waals surface area (Å²) in [6, 6.07) is 0. The molecule has 3 nitrogen and oxygen atoms in total. The van der Waals surface area contributed by atoms with Gasteiger partial charge in [0.1, 0.15) is 0 Å². The molecular weight excluding hydrogens is 283 g/mol. The van der Waals surface area contributed by atoms with Crippen molar-refractivity contribution in [2.45, 2.75) is 45.4 Å². The Labute approximate surface area is 128 Å². The van der Waals surface area contributed by atoms with Crippen molar-refractivity contribution in [3.63, 3.8) is 0 Å². The van der Waals surface area contributed by atoms with Gasteiger partial charge in [0.15, 0.2) is 0 Å².